The molecule has 2 atom stereocenters. The second kappa shape index (κ2) is 6.60. The zero-order valence-corrected chi connectivity index (χ0v) is 13.7. The first kappa shape index (κ1) is 15.8. The summed E-state index contributed by atoms with van der Waals surface area (Å²) in [7, 11) is 1.63. The maximum Gasteiger partial charge on any atom is 0.226 e. The Balaban J connectivity index is 1.83. The van der Waals surface area contributed by atoms with Crippen molar-refractivity contribution < 1.29 is 14.3 Å². The number of likely N-dealkylation sites (tertiary alicyclic amines) is 1. The van der Waals surface area contributed by atoms with Gasteiger partial charge in [0.15, 0.2) is 0 Å². The first-order chi connectivity index (χ1) is 11.1. The normalized spacial score (nSPS) is 24.4. The number of ether oxygens (including phenoxy) is 1. The van der Waals surface area contributed by atoms with E-state index in [-0.39, 0.29) is 23.8 Å². The standard InChI is InChI=1S/C18H24N2O3/c1-3-20-16(21)11-15(18(22)19-13-5-4-6-13)17(20)12-7-9-14(23-2)10-8-12/h7-10,13,15,17H,3-6,11H2,1-2H3,(H,19,22)/t15-,17+/m1/s1. The molecule has 1 aromatic rings. The van der Waals surface area contributed by atoms with Crippen molar-refractivity contribution in [2.24, 2.45) is 5.92 Å². The second-order valence-electron chi connectivity index (χ2n) is 6.34. The zero-order valence-electron chi connectivity index (χ0n) is 13.7. The maximum absolute atomic E-state index is 12.6. The van der Waals surface area contributed by atoms with Crippen LogP contribution in [0, 0.1) is 5.92 Å². The SMILES string of the molecule is CCN1C(=O)C[C@@H](C(=O)NC2CCC2)[C@@H]1c1ccc(OC)cc1. The number of nitrogens with one attached hydrogen (secondary N) is 1. The first-order valence-corrected chi connectivity index (χ1v) is 8.37. The van der Waals surface area contributed by atoms with Gasteiger partial charge in [0.1, 0.15) is 5.75 Å². The van der Waals surface area contributed by atoms with Crippen LogP contribution >= 0.6 is 0 Å². The van der Waals surface area contributed by atoms with E-state index >= 15 is 0 Å². The third-order valence-electron chi connectivity index (χ3n) is 5.02. The molecule has 0 spiro atoms. The highest BCUT2D eigenvalue weighted by atomic mass is 16.5. The minimum atomic E-state index is -0.309. The molecular weight excluding hydrogens is 292 g/mol. The molecule has 1 aliphatic heterocycles. The fraction of sp³-hybridized carbons (Fsp3) is 0.556. The van der Waals surface area contributed by atoms with Crippen molar-refractivity contribution in [1.82, 2.24) is 10.2 Å². The average Bonchev–Trinajstić information content (AvgIpc) is 2.87. The van der Waals surface area contributed by atoms with Crippen LogP contribution in [-0.4, -0.2) is 36.4 Å². The van der Waals surface area contributed by atoms with E-state index in [1.54, 1.807) is 7.11 Å². The van der Waals surface area contributed by atoms with Gasteiger partial charge in [0.05, 0.1) is 19.1 Å². The molecule has 3 rings (SSSR count). The topological polar surface area (TPSA) is 58.6 Å². The van der Waals surface area contributed by atoms with Crippen LogP contribution < -0.4 is 10.1 Å². The van der Waals surface area contributed by atoms with Crippen molar-refractivity contribution in [1.29, 1.82) is 0 Å². The Hall–Kier alpha value is -2.04. The predicted octanol–water partition coefficient (Wildman–Crippen LogP) is 2.27. The van der Waals surface area contributed by atoms with Gasteiger partial charge in [-0.25, -0.2) is 0 Å². The lowest BCUT2D eigenvalue weighted by Gasteiger charge is -2.31. The summed E-state index contributed by atoms with van der Waals surface area (Å²) in [6.07, 6.45) is 3.58. The third-order valence-corrected chi connectivity index (χ3v) is 5.02. The predicted molar refractivity (Wildman–Crippen MR) is 87.0 cm³/mol. The fourth-order valence-corrected chi connectivity index (χ4v) is 3.47. The Morgan fingerprint density at radius 2 is 2.00 bits per heavy atom. The molecule has 1 saturated carbocycles. The van der Waals surface area contributed by atoms with Crippen molar-refractivity contribution in [3.05, 3.63) is 29.8 Å². The minimum Gasteiger partial charge on any atom is -0.497 e. The van der Waals surface area contributed by atoms with E-state index in [4.69, 9.17) is 4.74 Å². The molecule has 0 radical (unpaired) electrons. The van der Waals surface area contributed by atoms with Gasteiger partial charge in [-0.1, -0.05) is 12.1 Å². The van der Waals surface area contributed by atoms with Gasteiger partial charge in [-0.15, -0.1) is 0 Å². The van der Waals surface area contributed by atoms with Crippen LogP contribution in [0.2, 0.25) is 0 Å². The lowest BCUT2D eigenvalue weighted by molar-refractivity contribution is -0.129. The maximum atomic E-state index is 12.6. The number of rotatable bonds is 5. The number of nitrogens with zero attached hydrogens (tertiary/aromatic N) is 1. The molecule has 2 fully saturated rings. The van der Waals surface area contributed by atoms with Crippen molar-refractivity contribution in [2.75, 3.05) is 13.7 Å². The summed E-state index contributed by atoms with van der Waals surface area (Å²) in [5.74, 6) is 0.537. The summed E-state index contributed by atoms with van der Waals surface area (Å²) in [5, 5.41) is 3.10. The van der Waals surface area contributed by atoms with Crippen LogP contribution in [0.3, 0.4) is 0 Å². The molecule has 23 heavy (non-hydrogen) atoms. The molecule has 1 saturated heterocycles. The monoisotopic (exact) mass is 316 g/mol. The van der Waals surface area contributed by atoms with Crippen molar-refractivity contribution in [2.45, 2.75) is 44.7 Å². The summed E-state index contributed by atoms with van der Waals surface area (Å²) < 4.78 is 5.20. The van der Waals surface area contributed by atoms with Crippen molar-refractivity contribution in [3.63, 3.8) is 0 Å². The van der Waals surface area contributed by atoms with E-state index in [1.807, 2.05) is 36.1 Å². The van der Waals surface area contributed by atoms with E-state index in [9.17, 15) is 9.59 Å². The van der Waals surface area contributed by atoms with Gasteiger partial charge >= 0.3 is 0 Å². The molecule has 1 N–H and O–H groups in total. The molecule has 0 aromatic heterocycles. The number of amides is 2. The van der Waals surface area contributed by atoms with E-state index in [0.29, 0.717) is 19.0 Å². The molecule has 124 valence electrons. The third kappa shape index (κ3) is 3.05. The average molecular weight is 316 g/mol. The Morgan fingerprint density at radius 3 is 2.52 bits per heavy atom. The lowest BCUT2D eigenvalue weighted by atomic mass is 9.89. The molecule has 0 unspecified atom stereocenters. The highest BCUT2D eigenvalue weighted by Crippen LogP contribution is 2.39. The van der Waals surface area contributed by atoms with E-state index in [1.165, 1.54) is 6.42 Å². The quantitative estimate of drug-likeness (QED) is 0.906. The van der Waals surface area contributed by atoms with Gasteiger partial charge in [-0.3, -0.25) is 9.59 Å². The number of carbonyl (C=O) groups is 2. The number of benzene rings is 1. The van der Waals surface area contributed by atoms with Gasteiger partial charge in [-0.2, -0.15) is 0 Å². The van der Waals surface area contributed by atoms with E-state index < -0.39 is 0 Å². The Labute approximate surface area is 137 Å². The summed E-state index contributed by atoms with van der Waals surface area (Å²) in [6.45, 7) is 2.57. The highest BCUT2D eigenvalue weighted by Gasteiger charge is 2.44. The molecule has 2 aliphatic rings. The molecule has 1 heterocycles. The van der Waals surface area contributed by atoms with Crippen LogP contribution in [0.4, 0.5) is 0 Å². The molecule has 1 aliphatic carbocycles. The molecule has 2 amide bonds. The first-order valence-electron chi connectivity index (χ1n) is 8.37. The summed E-state index contributed by atoms with van der Waals surface area (Å²) in [4.78, 5) is 26.8. The number of hydrogen-bond donors (Lipinski definition) is 1. The second-order valence-corrected chi connectivity index (χ2v) is 6.34. The van der Waals surface area contributed by atoms with Crippen LogP contribution in [-0.2, 0) is 9.59 Å². The molecular formula is C18H24N2O3. The van der Waals surface area contributed by atoms with Crippen LogP contribution in [0.15, 0.2) is 24.3 Å². The van der Waals surface area contributed by atoms with Crippen LogP contribution in [0.1, 0.15) is 44.2 Å². The van der Waals surface area contributed by atoms with E-state index in [0.717, 1.165) is 24.2 Å². The van der Waals surface area contributed by atoms with Crippen LogP contribution in [0.25, 0.3) is 0 Å². The van der Waals surface area contributed by atoms with Gasteiger partial charge in [-0.05, 0) is 43.9 Å². The summed E-state index contributed by atoms with van der Waals surface area (Å²) in [5.41, 5.74) is 0.993. The lowest BCUT2D eigenvalue weighted by Crippen LogP contribution is -2.44. The Morgan fingerprint density at radius 1 is 1.30 bits per heavy atom. The molecule has 5 heteroatoms. The fourth-order valence-electron chi connectivity index (χ4n) is 3.47. The summed E-state index contributed by atoms with van der Waals surface area (Å²) >= 11 is 0. The molecule has 1 aromatic carbocycles. The zero-order chi connectivity index (χ0) is 16.4. The van der Waals surface area contributed by atoms with Crippen LogP contribution in [0.5, 0.6) is 5.75 Å². The number of methoxy groups -OCH3 is 1. The van der Waals surface area contributed by atoms with Crippen molar-refractivity contribution >= 4 is 11.8 Å². The highest BCUT2D eigenvalue weighted by molar-refractivity contribution is 5.90. The van der Waals surface area contributed by atoms with Gasteiger partial charge < -0.3 is 15.0 Å². The van der Waals surface area contributed by atoms with E-state index in [2.05, 4.69) is 5.32 Å². The molecule has 0 bridgehead atoms. The number of carbonyl (C=O) groups excluding carboxylic acids is 2. The van der Waals surface area contributed by atoms with Gasteiger partial charge in [0, 0.05) is 19.0 Å². The van der Waals surface area contributed by atoms with Gasteiger partial charge in [0.2, 0.25) is 11.8 Å². The summed E-state index contributed by atoms with van der Waals surface area (Å²) in [6, 6.07) is 7.78. The van der Waals surface area contributed by atoms with Gasteiger partial charge in [0.25, 0.3) is 0 Å². The largest absolute Gasteiger partial charge is 0.497 e. The minimum absolute atomic E-state index is 0.0137. The molecule has 5 nitrogen and oxygen atoms in total. The Kier molecular flexibility index (Phi) is 4.55. The number of hydrogen-bond acceptors (Lipinski definition) is 3. The van der Waals surface area contributed by atoms with Crippen molar-refractivity contribution in [3.8, 4) is 5.75 Å². The Bertz CT molecular complexity index is 580. The smallest absolute Gasteiger partial charge is 0.226 e.